The van der Waals surface area contributed by atoms with E-state index in [1.165, 1.54) is 16.9 Å². The first-order valence-corrected chi connectivity index (χ1v) is 5.59. The molecular formula is C13H10N4O2. The maximum Gasteiger partial charge on any atom is 0.339 e. The largest absolute Gasteiger partial charge is 0.478 e. The van der Waals surface area contributed by atoms with E-state index in [0.29, 0.717) is 5.69 Å². The van der Waals surface area contributed by atoms with Gasteiger partial charge in [0, 0.05) is 5.39 Å². The lowest BCUT2D eigenvalue weighted by Crippen LogP contribution is -2.09. The average Bonchev–Trinajstić information content (AvgIpc) is 2.82. The molecule has 0 bridgehead atoms. The molecule has 0 fully saturated rings. The third kappa shape index (κ3) is 1.79. The van der Waals surface area contributed by atoms with E-state index in [4.69, 9.17) is 5.73 Å². The number of carbonyl (C=O) groups is 1. The highest BCUT2D eigenvalue weighted by Crippen LogP contribution is 2.20. The van der Waals surface area contributed by atoms with Gasteiger partial charge in [0.2, 0.25) is 0 Å². The normalized spacial score (nSPS) is 10.7. The van der Waals surface area contributed by atoms with Gasteiger partial charge >= 0.3 is 5.97 Å². The number of anilines is 1. The molecule has 0 aliphatic heterocycles. The number of para-hydroxylation sites is 1. The Morgan fingerprint density at radius 3 is 2.84 bits per heavy atom. The molecule has 6 heteroatoms. The third-order valence-corrected chi connectivity index (χ3v) is 2.80. The smallest absolute Gasteiger partial charge is 0.339 e. The van der Waals surface area contributed by atoms with Gasteiger partial charge in [0.15, 0.2) is 5.82 Å². The van der Waals surface area contributed by atoms with Crippen LogP contribution in [0.3, 0.4) is 0 Å². The SMILES string of the molecule is Nc1cnc(-n2ncc3ccccc32)c(C(=O)O)c1. The minimum absolute atomic E-state index is 0.0221. The van der Waals surface area contributed by atoms with Crippen molar-refractivity contribution >= 4 is 22.6 Å². The van der Waals surface area contributed by atoms with Crippen LogP contribution in [0.4, 0.5) is 5.69 Å². The number of fused-ring (bicyclic) bond motifs is 1. The molecule has 0 atom stereocenters. The van der Waals surface area contributed by atoms with Crippen molar-refractivity contribution in [2.24, 2.45) is 0 Å². The van der Waals surface area contributed by atoms with E-state index in [-0.39, 0.29) is 11.4 Å². The fourth-order valence-corrected chi connectivity index (χ4v) is 1.94. The monoisotopic (exact) mass is 254 g/mol. The van der Waals surface area contributed by atoms with Crippen LogP contribution < -0.4 is 5.73 Å². The summed E-state index contributed by atoms with van der Waals surface area (Å²) < 4.78 is 1.50. The molecule has 1 aromatic carbocycles. The van der Waals surface area contributed by atoms with Gasteiger partial charge in [-0.2, -0.15) is 5.10 Å². The molecule has 19 heavy (non-hydrogen) atoms. The van der Waals surface area contributed by atoms with Gasteiger partial charge in [-0.15, -0.1) is 0 Å². The lowest BCUT2D eigenvalue weighted by molar-refractivity contribution is 0.0696. The molecule has 0 saturated heterocycles. The number of benzene rings is 1. The number of rotatable bonds is 2. The van der Waals surface area contributed by atoms with Crippen molar-refractivity contribution in [2.45, 2.75) is 0 Å². The summed E-state index contributed by atoms with van der Waals surface area (Å²) >= 11 is 0. The molecule has 3 N–H and O–H groups in total. The Bertz CT molecular complexity index is 779. The van der Waals surface area contributed by atoms with Crippen molar-refractivity contribution in [3.63, 3.8) is 0 Å². The molecule has 0 spiro atoms. The van der Waals surface area contributed by atoms with Crippen LogP contribution in [-0.4, -0.2) is 25.8 Å². The number of carboxylic acids is 1. The predicted octanol–water partition coefficient (Wildman–Crippen LogP) is 1.70. The number of hydrogen-bond acceptors (Lipinski definition) is 4. The van der Waals surface area contributed by atoms with Crippen molar-refractivity contribution in [3.8, 4) is 5.82 Å². The van der Waals surface area contributed by atoms with Gasteiger partial charge in [-0.3, -0.25) is 0 Å². The summed E-state index contributed by atoms with van der Waals surface area (Å²) in [5.74, 6) is -0.836. The lowest BCUT2D eigenvalue weighted by Gasteiger charge is -2.07. The summed E-state index contributed by atoms with van der Waals surface area (Å²) in [4.78, 5) is 15.4. The van der Waals surface area contributed by atoms with Crippen LogP contribution in [0.5, 0.6) is 0 Å². The van der Waals surface area contributed by atoms with Crippen LogP contribution in [0.2, 0.25) is 0 Å². The quantitative estimate of drug-likeness (QED) is 0.725. The Labute approximate surface area is 108 Å². The Morgan fingerprint density at radius 2 is 2.05 bits per heavy atom. The second kappa shape index (κ2) is 4.09. The van der Waals surface area contributed by atoms with Crippen molar-refractivity contribution in [2.75, 3.05) is 5.73 Å². The van der Waals surface area contributed by atoms with Gasteiger partial charge in [-0.1, -0.05) is 18.2 Å². The van der Waals surface area contributed by atoms with Crippen molar-refractivity contribution in [1.82, 2.24) is 14.8 Å². The van der Waals surface area contributed by atoms with Crippen LogP contribution in [0.25, 0.3) is 16.7 Å². The number of aromatic carboxylic acids is 1. The second-order valence-electron chi connectivity index (χ2n) is 4.06. The van der Waals surface area contributed by atoms with Crippen LogP contribution in [0.1, 0.15) is 10.4 Å². The Kier molecular flexibility index (Phi) is 2.42. The van der Waals surface area contributed by atoms with E-state index in [2.05, 4.69) is 10.1 Å². The van der Waals surface area contributed by atoms with Crippen molar-refractivity contribution in [1.29, 1.82) is 0 Å². The van der Waals surface area contributed by atoms with E-state index in [1.807, 2.05) is 24.3 Å². The average molecular weight is 254 g/mol. The molecule has 0 aliphatic rings. The molecular weight excluding hydrogens is 244 g/mol. The summed E-state index contributed by atoms with van der Waals surface area (Å²) in [5.41, 5.74) is 6.70. The number of carboxylic acid groups (broad SMARTS) is 1. The molecule has 94 valence electrons. The summed E-state index contributed by atoms with van der Waals surface area (Å²) in [7, 11) is 0. The summed E-state index contributed by atoms with van der Waals surface area (Å²) in [5, 5.41) is 14.3. The highest BCUT2D eigenvalue weighted by atomic mass is 16.4. The summed E-state index contributed by atoms with van der Waals surface area (Å²) in [6.45, 7) is 0. The number of aromatic nitrogens is 3. The van der Waals surface area contributed by atoms with E-state index in [0.717, 1.165) is 10.9 Å². The van der Waals surface area contributed by atoms with Crippen LogP contribution >= 0.6 is 0 Å². The topological polar surface area (TPSA) is 94.0 Å². The fraction of sp³-hybridized carbons (Fsp3) is 0. The van der Waals surface area contributed by atoms with Gasteiger partial charge in [-0.05, 0) is 12.1 Å². The van der Waals surface area contributed by atoms with Gasteiger partial charge in [0.05, 0.1) is 23.6 Å². The zero-order valence-electron chi connectivity index (χ0n) is 9.82. The first-order chi connectivity index (χ1) is 9.16. The maximum absolute atomic E-state index is 11.3. The molecule has 0 saturated carbocycles. The molecule has 0 amide bonds. The Hall–Kier alpha value is -2.89. The lowest BCUT2D eigenvalue weighted by atomic mass is 10.2. The fourth-order valence-electron chi connectivity index (χ4n) is 1.94. The molecule has 0 radical (unpaired) electrons. The second-order valence-corrected chi connectivity index (χ2v) is 4.06. The zero-order valence-corrected chi connectivity index (χ0v) is 9.82. The molecule has 3 rings (SSSR count). The standard InChI is InChI=1S/C13H10N4O2/c14-9-5-10(13(18)19)12(15-7-9)17-11-4-2-1-3-8(11)6-16-17/h1-7H,14H2,(H,18,19). The van der Waals surface area contributed by atoms with Crippen LogP contribution in [0, 0.1) is 0 Å². The number of nitrogen functional groups attached to an aromatic ring is 1. The number of nitrogens with two attached hydrogens (primary N) is 1. The minimum Gasteiger partial charge on any atom is -0.478 e. The van der Waals surface area contributed by atoms with Gasteiger partial charge in [-0.25, -0.2) is 14.5 Å². The highest BCUT2D eigenvalue weighted by molar-refractivity contribution is 5.93. The van der Waals surface area contributed by atoms with E-state index >= 15 is 0 Å². The highest BCUT2D eigenvalue weighted by Gasteiger charge is 2.16. The van der Waals surface area contributed by atoms with Gasteiger partial charge < -0.3 is 10.8 Å². The van der Waals surface area contributed by atoms with E-state index in [9.17, 15) is 9.90 Å². The first-order valence-electron chi connectivity index (χ1n) is 5.59. The Morgan fingerprint density at radius 1 is 1.26 bits per heavy atom. The van der Waals surface area contributed by atoms with E-state index < -0.39 is 5.97 Å². The first kappa shape index (κ1) is 11.2. The zero-order chi connectivity index (χ0) is 13.4. The molecule has 0 unspecified atom stereocenters. The van der Waals surface area contributed by atoms with Gasteiger partial charge in [0.25, 0.3) is 0 Å². The third-order valence-electron chi connectivity index (χ3n) is 2.80. The molecule has 2 heterocycles. The molecule has 0 aliphatic carbocycles. The minimum atomic E-state index is -1.09. The van der Waals surface area contributed by atoms with Crippen molar-refractivity contribution < 1.29 is 9.90 Å². The molecule has 6 nitrogen and oxygen atoms in total. The number of pyridine rings is 1. The molecule has 3 aromatic rings. The molecule has 2 aromatic heterocycles. The number of nitrogens with zero attached hydrogens (tertiary/aromatic N) is 3. The predicted molar refractivity (Wildman–Crippen MR) is 70.2 cm³/mol. The van der Waals surface area contributed by atoms with Crippen molar-refractivity contribution in [3.05, 3.63) is 48.3 Å². The maximum atomic E-state index is 11.3. The van der Waals surface area contributed by atoms with Gasteiger partial charge in [0.1, 0.15) is 5.56 Å². The number of hydrogen-bond donors (Lipinski definition) is 2. The van der Waals surface area contributed by atoms with Crippen LogP contribution in [-0.2, 0) is 0 Å². The summed E-state index contributed by atoms with van der Waals surface area (Å²) in [6.07, 6.45) is 3.08. The Balaban J connectivity index is 2.30. The van der Waals surface area contributed by atoms with E-state index in [1.54, 1.807) is 6.20 Å². The summed E-state index contributed by atoms with van der Waals surface area (Å²) in [6, 6.07) is 8.88. The van der Waals surface area contributed by atoms with Crippen LogP contribution in [0.15, 0.2) is 42.7 Å².